The van der Waals surface area contributed by atoms with Gasteiger partial charge in [-0.1, -0.05) is 44.2 Å². The Bertz CT molecular complexity index is 977. The molecule has 11 heteroatoms. The Labute approximate surface area is 244 Å². The molecule has 2 atom stereocenters. The van der Waals surface area contributed by atoms with Gasteiger partial charge in [0.15, 0.2) is 0 Å². The molecule has 11 nitrogen and oxygen atoms in total. The number of hydrogen-bond donors (Lipinski definition) is 3. The number of benzene rings is 1. The van der Waals surface area contributed by atoms with Gasteiger partial charge >= 0.3 is 6.03 Å². The average Bonchev–Trinajstić information content (AvgIpc) is 2.98. The molecular formula is C30H48N6O5. The van der Waals surface area contributed by atoms with E-state index in [1.54, 1.807) is 4.90 Å². The molecule has 2 heterocycles. The molecule has 0 aromatic heterocycles. The van der Waals surface area contributed by atoms with Gasteiger partial charge in [0.2, 0.25) is 11.7 Å². The molecule has 3 N–H and O–H groups in total. The zero-order chi connectivity index (χ0) is 29.6. The first-order chi connectivity index (χ1) is 19.7. The fraction of sp³-hybridized carbons (Fsp3) is 0.667. The van der Waals surface area contributed by atoms with E-state index < -0.39 is 29.7 Å². The quantitative estimate of drug-likeness (QED) is 0.223. The molecule has 4 amide bonds. The molecule has 0 spiro atoms. The maximum atomic E-state index is 13.4. The minimum atomic E-state index is -1.00. The second kappa shape index (κ2) is 17.1. The fourth-order valence-electron chi connectivity index (χ4n) is 5.03. The molecule has 3 rings (SSSR count). The number of morpholine rings is 1. The molecule has 0 saturated carbocycles. The van der Waals surface area contributed by atoms with Crippen LogP contribution >= 0.6 is 0 Å². The van der Waals surface area contributed by atoms with Gasteiger partial charge in [0.25, 0.3) is 5.91 Å². The SMILES string of the molecule is CC(C)C[C@H](NC(=O)N1CCOCC1)C(=O)NC(CCc1ccccc1)C(=O)C(=O)NCCCN1CCN(C)CC1. The Balaban J connectivity index is 1.60. The van der Waals surface area contributed by atoms with Gasteiger partial charge in [0.05, 0.1) is 19.3 Å². The lowest BCUT2D eigenvalue weighted by atomic mass is 9.99. The number of ketones is 1. The molecule has 228 valence electrons. The number of nitrogens with one attached hydrogen (secondary N) is 3. The zero-order valence-corrected chi connectivity index (χ0v) is 24.9. The smallest absolute Gasteiger partial charge is 0.318 e. The highest BCUT2D eigenvalue weighted by atomic mass is 16.5. The van der Waals surface area contributed by atoms with Crippen molar-refractivity contribution < 1.29 is 23.9 Å². The number of ether oxygens (including phenoxy) is 1. The Morgan fingerprint density at radius 2 is 1.59 bits per heavy atom. The number of carbonyl (C=O) groups excluding carboxylic acids is 4. The van der Waals surface area contributed by atoms with Crippen molar-refractivity contribution in [1.82, 2.24) is 30.7 Å². The molecule has 41 heavy (non-hydrogen) atoms. The summed E-state index contributed by atoms with van der Waals surface area (Å²) < 4.78 is 5.32. The number of hydrogen-bond acceptors (Lipinski definition) is 7. The molecule has 0 bridgehead atoms. The van der Waals surface area contributed by atoms with E-state index in [9.17, 15) is 19.2 Å². The van der Waals surface area contributed by atoms with Crippen molar-refractivity contribution in [2.75, 3.05) is 72.6 Å². The lowest BCUT2D eigenvalue weighted by molar-refractivity contribution is -0.140. The van der Waals surface area contributed by atoms with Crippen LogP contribution in [0.5, 0.6) is 0 Å². The van der Waals surface area contributed by atoms with E-state index >= 15 is 0 Å². The van der Waals surface area contributed by atoms with Crippen molar-refractivity contribution in [3.8, 4) is 0 Å². The van der Waals surface area contributed by atoms with Crippen molar-refractivity contribution in [3.05, 3.63) is 35.9 Å². The molecular weight excluding hydrogens is 524 g/mol. The van der Waals surface area contributed by atoms with Gasteiger partial charge in [0, 0.05) is 45.8 Å². The van der Waals surface area contributed by atoms with Crippen LogP contribution in [0.25, 0.3) is 0 Å². The molecule has 1 aromatic rings. The summed E-state index contributed by atoms with van der Waals surface area (Å²) in [6.45, 7) is 11.0. The van der Waals surface area contributed by atoms with E-state index in [1.807, 2.05) is 44.2 Å². The predicted octanol–water partition coefficient (Wildman–Crippen LogP) is 0.883. The van der Waals surface area contributed by atoms with Gasteiger partial charge in [-0.2, -0.15) is 0 Å². The van der Waals surface area contributed by atoms with Crippen LogP contribution in [0.2, 0.25) is 0 Å². The van der Waals surface area contributed by atoms with E-state index in [4.69, 9.17) is 4.74 Å². The molecule has 2 aliphatic heterocycles. The Hall–Kier alpha value is -3.02. The summed E-state index contributed by atoms with van der Waals surface area (Å²) >= 11 is 0. The molecule has 1 aromatic carbocycles. The van der Waals surface area contributed by atoms with Crippen LogP contribution in [-0.2, 0) is 25.5 Å². The first-order valence-electron chi connectivity index (χ1n) is 14.9. The average molecular weight is 573 g/mol. The summed E-state index contributed by atoms with van der Waals surface area (Å²) in [5.74, 6) is -1.71. The van der Waals surface area contributed by atoms with E-state index in [0.29, 0.717) is 45.7 Å². The van der Waals surface area contributed by atoms with Crippen LogP contribution in [0, 0.1) is 5.92 Å². The van der Waals surface area contributed by atoms with Gasteiger partial charge in [-0.3, -0.25) is 14.4 Å². The summed E-state index contributed by atoms with van der Waals surface area (Å²) in [5, 5.41) is 8.40. The van der Waals surface area contributed by atoms with Crippen LogP contribution in [0.15, 0.2) is 30.3 Å². The fourth-order valence-corrected chi connectivity index (χ4v) is 5.03. The first-order valence-corrected chi connectivity index (χ1v) is 14.9. The van der Waals surface area contributed by atoms with E-state index in [0.717, 1.165) is 44.7 Å². The number of Topliss-reactive ketones (excluding diaryl/α,β-unsaturated/α-hetero) is 1. The highest BCUT2D eigenvalue weighted by Gasteiger charge is 2.31. The van der Waals surface area contributed by atoms with Crippen molar-refractivity contribution >= 4 is 23.6 Å². The lowest BCUT2D eigenvalue weighted by Gasteiger charge is -2.32. The molecule has 2 aliphatic rings. The Morgan fingerprint density at radius 1 is 0.902 bits per heavy atom. The number of likely N-dealkylation sites (N-methyl/N-ethyl adjacent to an activating group) is 1. The maximum absolute atomic E-state index is 13.4. The van der Waals surface area contributed by atoms with E-state index in [1.165, 1.54) is 0 Å². The number of carbonyl (C=O) groups is 4. The lowest BCUT2D eigenvalue weighted by Crippen LogP contribution is -2.57. The number of nitrogens with zero attached hydrogens (tertiary/aromatic N) is 3. The summed E-state index contributed by atoms with van der Waals surface area (Å²) in [7, 11) is 2.11. The van der Waals surface area contributed by atoms with Crippen molar-refractivity contribution in [1.29, 1.82) is 0 Å². The molecule has 2 saturated heterocycles. The number of urea groups is 1. The largest absolute Gasteiger partial charge is 0.378 e. The number of rotatable bonds is 14. The number of amides is 4. The summed E-state index contributed by atoms with van der Waals surface area (Å²) in [6, 6.07) is 7.48. The van der Waals surface area contributed by atoms with Gasteiger partial charge in [-0.05, 0) is 50.8 Å². The molecule has 1 unspecified atom stereocenters. The van der Waals surface area contributed by atoms with E-state index in [-0.39, 0.29) is 18.4 Å². The second-order valence-corrected chi connectivity index (χ2v) is 11.4. The number of aryl methyl sites for hydroxylation is 1. The topological polar surface area (TPSA) is 123 Å². The molecule has 0 aliphatic carbocycles. The first kappa shape index (κ1) is 32.5. The normalized spacial score (nSPS) is 18.0. The molecule has 0 radical (unpaired) electrons. The van der Waals surface area contributed by atoms with Crippen LogP contribution in [0.1, 0.15) is 38.7 Å². The summed E-state index contributed by atoms with van der Waals surface area (Å²) in [6.07, 6.45) is 1.94. The van der Waals surface area contributed by atoms with Crippen LogP contribution in [0.3, 0.4) is 0 Å². The van der Waals surface area contributed by atoms with E-state index in [2.05, 4.69) is 32.8 Å². The Kier molecular flexibility index (Phi) is 13.5. The monoisotopic (exact) mass is 572 g/mol. The van der Waals surface area contributed by atoms with Crippen molar-refractivity contribution in [2.45, 2.75) is 51.6 Å². The highest BCUT2D eigenvalue weighted by molar-refractivity contribution is 6.38. The van der Waals surface area contributed by atoms with Gasteiger partial charge in [-0.25, -0.2) is 4.79 Å². The third kappa shape index (κ3) is 11.4. The maximum Gasteiger partial charge on any atom is 0.318 e. The Morgan fingerprint density at radius 3 is 2.24 bits per heavy atom. The van der Waals surface area contributed by atoms with Gasteiger partial charge in [-0.15, -0.1) is 0 Å². The van der Waals surface area contributed by atoms with Crippen LogP contribution < -0.4 is 16.0 Å². The summed E-state index contributed by atoms with van der Waals surface area (Å²) in [4.78, 5) is 58.7. The third-order valence-corrected chi connectivity index (χ3v) is 7.57. The van der Waals surface area contributed by atoms with Gasteiger partial charge in [0.1, 0.15) is 6.04 Å². The minimum Gasteiger partial charge on any atom is -0.378 e. The number of piperazine rings is 1. The highest BCUT2D eigenvalue weighted by Crippen LogP contribution is 2.10. The standard InChI is InChI=1S/C30H48N6O5/c1-23(2)22-26(33-30(40)36-18-20-41-21-19-36)28(38)32-25(11-10-24-8-5-4-6-9-24)27(37)29(39)31-12-7-13-35-16-14-34(3)15-17-35/h4-6,8-9,23,25-26H,7,10-22H2,1-3H3,(H,31,39)(H,32,38)(H,33,40)/t25?,26-/m0/s1. The van der Waals surface area contributed by atoms with Crippen molar-refractivity contribution in [2.24, 2.45) is 5.92 Å². The zero-order valence-electron chi connectivity index (χ0n) is 24.9. The third-order valence-electron chi connectivity index (χ3n) is 7.57. The molecule has 2 fully saturated rings. The van der Waals surface area contributed by atoms with Crippen LogP contribution in [-0.4, -0.2) is 123 Å². The minimum absolute atomic E-state index is 0.123. The van der Waals surface area contributed by atoms with Crippen molar-refractivity contribution in [3.63, 3.8) is 0 Å². The summed E-state index contributed by atoms with van der Waals surface area (Å²) in [5.41, 5.74) is 1.01. The van der Waals surface area contributed by atoms with Gasteiger partial charge < -0.3 is 35.4 Å². The second-order valence-electron chi connectivity index (χ2n) is 11.4. The van der Waals surface area contributed by atoms with Crippen LogP contribution in [0.4, 0.5) is 4.79 Å². The predicted molar refractivity (Wildman–Crippen MR) is 157 cm³/mol.